The van der Waals surface area contributed by atoms with Crippen molar-refractivity contribution in [2.24, 2.45) is 5.41 Å². The fraction of sp³-hybridized carbons (Fsp3) is 0.769. The Hall–Kier alpha value is -1.06. The van der Waals surface area contributed by atoms with E-state index in [4.69, 9.17) is 4.74 Å². The Kier molecular flexibility index (Phi) is 5.89. The van der Waals surface area contributed by atoms with Crippen LogP contribution in [0.15, 0.2) is 24.3 Å². The molecule has 3 heteroatoms. The Morgan fingerprint density at radius 3 is 2.34 bits per heavy atom. The zero-order valence-electron chi connectivity index (χ0n) is 18.5. The highest BCUT2D eigenvalue weighted by molar-refractivity contribution is 5.49. The fourth-order valence-corrected chi connectivity index (χ4v) is 6.73. The molecule has 5 rings (SSSR count). The molecule has 4 fully saturated rings. The molecule has 0 aromatic heterocycles. The highest BCUT2D eigenvalue weighted by atomic mass is 16.5. The molecule has 1 atom stereocenters. The van der Waals surface area contributed by atoms with Gasteiger partial charge in [0.05, 0.1) is 0 Å². The van der Waals surface area contributed by atoms with E-state index < -0.39 is 0 Å². The number of benzene rings is 1. The molecule has 3 heterocycles. The standard InChI is InChI=1S/C26H40N2O/c1-21-4-2-3-16-28(21)25-11-7-23(8-12-25)22-5-9-24(10-6-22)27-17-13-26(20-27)14-18-29-19-15-26/h5-6,9-10,21,23,25H,2-4,7-8,11-20H2,1H3. The Morgan fingerprint density at radius 1 is 0.862 bits per heavy atom. The second kappa shape index (κ2) is 8.59. The maximum atomic E-state index is 5.61. The normalized spacial score (nSPS) is 33.3. The maximum Gasteiger partial charge on any atom is 0.0472 e. The van der Waals surface area contributed by atoms with Crippen LogP contribution >= 0.6 is 0 Å². The number of nitrogens with zero attached hydrogens (tertiary/aromatic N) is 2. The van der Waals surface area contributed by atoms with Crippen LogP contribution in [0.2, 0.25) is 0 Å². The number of hydrogen-bond donors (Lipinski definition) is 0. The predicted molar refractivity (Wildman–Crippen MR) is 121 cm³/mol. The van der Waals surface area contributed by atoms with E-state index >= 15 is 0 Å². The molecular formula is C26H40N2O. The van der Waals surface area contributed by atoms with Crippen molar-refractivity contribution in [3.8, 4) is 0 Å². The van der Waals surface area contributed by atoms with E-state index in [1.807, 2.05) is 0 Å². The highest BCUT2D eigenvalue weighted by Crippen LogP contribution is 2.42. The average molecular weight is 397 g/mol. The van der Waals surface area contributed by atoms with Crippen molar-refractivity contribution in [1.82, 2.24) is 4.90 Å². The summed E-state index contributed by atoms with van der Waals surface area (Å²) in [5.74, 6) is 0.779. The minimum Gasteiger partial charge on any atom is -0.381 e. The molecule has 160 valence electrons. The summed E-state index contributed by atoms with van der Waals surface area (Å²) in [6.07, 6.45) is 13.6. The van der Waals surface area contributed by atoms with Gasteiger partial charge >= 0.3 is 0 Å². The molecule has 1 unspecified atom stereocenters. The minimum absolute atomic E-state index is 0.529. The molecule has 3 aliphatic heterocycles. The van der Waals surface area contributed by atoms with Crippen LogP contribution in [-0.4, -0.2) is 49.8 Å². The molecule has 1 spiro atoms. The zero-order chi connectivity index (χ0) is 19.7. The lowest BCUT2D eigenvalue weighted by Gasteiger charge is -2.43. The van der Waals surface area contributed by atoms with E-state index in [0.717, 1.165) is 31.2 Å². The van der Waals surface area contributed by atoms with Crippen molar-refractivity contribution in [3.05, 3.63) is 29.8 Å². The third-order valence-corrected chi connectivity index (χ3v) is 8.74. The van der Waals surface area contributed by atoms with Gasteiger partial charge in [-0.25, -0.2) is 0 Å². The minimum atomic E-state index is 0.529. The van der Waals surface area contributed by atoms with Crippen molar-refractivity contribution in [2.75, 3.05) is 37.7 Å². The van der Waals surface area contributed by atoms with Gasteiger partial charge in [0.25, 0.3) is 0 Å². The van der Waals surface area contributed by atoms with Crippen molar-refractivity contribution in [3.63, 3.8) is 0 Å². The van der Waals surface area contributed by atoms with Crippen molar-refractivity contribution < 1.29 is 4.74 Å². The number of piperidine rings is 1. The smallest absolute Gasteiger partial charge is 0.0472 e. The quantitative estimate of drug-likeness (QED) is 0.662. The van der Waals surface area contributed by atoms with Gasteiger partial charge in [-0.15, -0.1) is 0 Å². The van der Waals surface area contributed by atoms with E-state index in [1.165, 1.54) is 89.5 Å². The van der Waals surface area contributed by atoms with Gasteiger partial charge in [0.2, 0.25) is 0 Å². The highest BCUT2D eigenvalue weighted by Gasteiger charge is 2.39. The summed E-state index contributed by atoms with van der Waals surface area (Å²) in [6.45, 7) is 8.17. The van der Waals surface area contributed by atoms with Crippen LogP contribution in [0.25, 0.3) is 0 Å². The summed E-state index contributed by atoms with van der Waals surface area (Å²) in [5, 5.41) is 0. The molecule has 1 aliphatic carbocycles. The van der Waals surface area contributed by atoms with E-state index in [-0.39, 0.29) is 0 Å². The zero-order valence-corrected chi connectivity index (χ0v) is 18.5. The van der Waals surface area contributed by atoms with Gasteiger partial charge < -0.3 is 9.64 Å². The molecule has 0 radical (unpaired) electrons. The van der Waals surface area contributed by atoms with Crippen LogP contribution in [0, 0.1) is 5.41 Å². The van der Waals surface area contributed by atoms with E-state index in [2.05, 4.69) is 41.0 Å². The monoisotopic (exact) mass is 396 g/mol. The lowest BCUT2D eigenvalue weighted by atomic mass is 9.79. The van der Waals surface area contributed by atoms with E-state index in [1.54, 1.807) is 5.56 Å². The summed E-state index contributed by atoms with van der Waals surface area (Å²) < 4.78 is 5.61. The Labute approximate surface area is 177 Å². The van der Waals surface area contributed by atoms with Gasteiger partial charge in [0.1, 0.15) is 0 Å². The molecule has 0 amide bonds. The Bertz CT molecular complexity index is 658. The molecule has 0 N–H and O–H groups in total. The molecule has 1 aromatic carbocycles. The number of hydrogen-bond acceptors (Lipinski definition) is 3. The van der Waals surface area contributed by atoms with Crippen molar-refractivity contribution >= 4 is 5.69 Å². The molecule has 1 aromatic rings. The number of anilines is 1. The van der Waals surface area contributed by atoms with Crippen molar-refractivity contribution in [1.29, 1.82) is 0 Å². The number of rotatable bonds is 3. The number of ether oxygens (including phenoxy) is 1. The second-order valence-corrected chi connectivity index (χ2v) is 10.5. The second-order valence-electron chi connectivity index (χ2n) is 10.5. The lowest BCUT2D eigenvalue weighted by molar-refractivity contribution is 0.0254. The first kappa shape index (κ1) is 19.9. The van der Waals surface area contributed by atoms with Gasteiger partial charge in [-0.3, -0.25) is 4.90 Å². The van der Waals surface area contributed by atoms with Crippen LogP contribution in [-0.2, 0) is 4.74 Å². The van der Waals surface area contributed by atoms with Gasteiger partial charge in [-0.2, -0.15) is 0 Å². The summed E-state index contributed by atoms with van der Waals surface area (Å²) in [4.78, 5) is 5.46. The third kappa shape index (κ3) is 4.23. The largest absolute Gasteiger partial charge is 0.381 e. The average Bonchev–Trinajstić information content (AvgIpc) is 3.18. The Balaban J connectivity index is 1.16. The van der Waals surface area contributed by atoms with Crippen LogP contribution < -0.4 is 4.90 Å². The van der Waals surface area contributed by atoms with Gasteiger partial charge in [0.15, 0.2) is 0 Å². The fourth-order valence-electron chi connectivity index (χ4n) is 6.73. The van der Waals surface area contributed by atoms with E-state index in [0.29, 0.717) is 5.41 Å². The summed E-state index contributed by atoms with van der Waals surface area (Å²) in [5.41, 5.74) is 3.55. The molecular weight excluding hydrogens is 356 g/mol. The molecule has 29 heavy (non-hydrogen) atoms. The van der Waals surface area contributed by atoms with Gasteiger partial charge in [-0.05, 0) is 100 Å². The third-order valence-electron chi connectivity index (χ3n) is 8.74. The lowest BCUT2D eigenvalue weighted by Crippen LogP contribution is -2.46. The molecule has 4 aliphatic rings. The Morgan fingerprint density at radius 2 is 1.62 bits per heavy atom. The first-order valence-corrected chi connectivity index (χ1v) is 12.4. The molecule has 3 saturated heterocycles. The van der Waals surface area contributed by atoms with Crippen LogP contribution in [0.4, 0.5) is 5.69 Å². The number of likely N-dealkylation sites (tertiary alicyclic amines) is 1. The summed E-state index contributed by atoms with van der Waals surface area (Å²) in [7, 11) is 0. The van der Waals surface area contributed by atoms with Gasteiger partial charge in [-0.1, -0.05) is 18.6 Å². The molecule has 1 saturated carbocycles. The summed E-state index contributed by atoms with van der Waals surface area (Å²) in [6, 6.07) is 11.4. The van der Waals surface area contributed by atoms with Gasteiger partial charge in [0, 0.05) is 44.1 Å². The van der Waals surface area contributed by atoms with Crippen LogP contribution in [0.3, 0.4) is 0 Å². The van der Waals surface area contributed by atoms with Crippen LogP contribution in [0.1, 0.15) is 82.6 Å². The molecule has 3 nitrogen and oxygen atoms in total. The molecule has 0 bridgehead atoms. The first-order chi connectivity index (χ1) is 14.2. The summed E-state index contributed by atoms with van der Waals surface area (Å²) >= 11 is 0. The topological polar surface area (TPSA) is 15.7 Å². The SMILES string of the molecule is CC1CCCCN1C1CCC(c2ccc(N3CCC4(CCOCC4)C3)cc2)CC1. The van der Waals surface area contributed by atoms with Crippen molar-refractivity contribution in [2.45, 2.75) is 89.1 Å². The predicted octanol–water partition coefficient (Wildman–Crippen LogP) is 5.59. The van der Waals surface area contributed by atoms with E-state index in [9.17, 15) is 0 Å². The maximum absolute atomic E-state index is 5.61. The van der Waals surface area contributed by atoms with Crippen LogP contribution in [0.5, 0.6) is 0 Å². The first-order valence-electron chi connectivity index (χ1n) is 12.4.